The van der Waals surface area contributed by atoms with Crippen LogP contribution in [0.2, 0.25) is 5.02 Å². The fourth-order valence-corrected chi connectivity index (χ4v) is 3.08. The minimum Gasteiger partial charge on any atom is -0.493 e. The van der Waals surface area contributed by atoms with Crippen molar-refractivity contribution in [2.75, 3.05) is 18.5 Å². The fourth-order valence-electron chi connectivity index (χ4n) is 2.43. The Morgan fingerprint density at radius 3 is 2.54 bits per heavy atom. The third-order valence-corrected chi connectivity index (χ3v) is 4.63. The molecule has 1 amide bonds. The van der Waals surface area contributed by atoms with Gasteiger partial charge in [-0.1, -0.05) is 17.7 Å². The van der Waals surface area contributed by atoms with E-state index >= 15 is 0 Å². The van der Waals surface area contributed by atoms with E-state index in [-0.39, 0.29) is 5.57 Å². The van der Waals surface area contributed by atoms with Gasteiger partial charge in [-0.15, -0.1) is 0 Å². The van der Waals surface area contributed by atoms with Crippen LogP contribution in [0.1, 0.15) is 25.0 Å². The van der Waals surface area contributed by atoms with E-state index in [2.05, 4.69) is 21.2 Å². The maximum Gasteiger partial charge on any atom is 0.266 e. The van der Waals surface area contributed by atoms with Gasteiger partial charge in [-0.25, -0.2) is 0 Å². The second kappa shape index (κ2) is 10.2. The Morgan fingerprint density at radius 2 is 1.89 bits per heavy atom. The number of nitrogens with zero attached hydrogens (tertiary/aromatic N) is 1. The van der Waals surface area contributed by atoms with Crippen molar-refractivity contribution in [2.45, 2.75) is 20.8 Å². The van der Waals surface area contributed by atoms with Crippen molar-refractivity contribution >= 4 is 45.2 Å². The number of benzene rings is 2. The molecule has 1 N–H and O–H groups in total. The van der Waals surface area contributed by atoms with Crippen molar-refractivity contribution in [3.63, 3.8) is 0 Å². The molecule has 0 bridgehead atoms. The SMILES string of the molecule is CCOc1cc(OCC)c(/C=C(\C#N)C(=O)Nc2cc(Cl)ccc2C)cc1Br. The molecule has 0 atom stereocenters. The highest BCUT2D eigenvalue weighted by Crippen LogP contribution is 2.34. The zero-order chi connectivity index (χ0) is 20.7. The second-order valence-corrected chi connectivity index (χ2v) is 7.06. The maximum absolute atomic E-state index is 12.6. The summed E-state index contributed by atoms with van der Waals surface area (Å²) < 4.78 is 11.9. The molecule has 0 aliphatic carbocycles. The molecular formula is C21H20BrClN2O3. The van der Waals surface area contributed by atoms with E-state index < -0.39 is 5.91 Å². The molecule has 0 spiro atoms. The average Bonchev–Trinajstić information content (AvgIpc) is 2.66. The Labute approximate surface area is 178 Å². The lowest BCUT2D eigenvalue weighted by molar-refractivity contribution is -0.112. The monoisotopic (exact) mass is 462 g/mol. The van der Waals surface area contributed by atoms with E-state index in [1.807, 2.05) is 26.8 Å². The normalized spacial score (nSPS) is 10.9. The lowest BCUT2D eigenvalue weighted by Crippen LogP contribution is -2.14. The summed E-state index contributed by atoms with van der Waals surface area (Å²) in [4.78, 5) is 12.6. The molecule has 0 aliphatic rings. The van der Waals surface area contributed by atoms with Crippen LogP contribution in [0.25, 0.3) is 6.08 Å². The number of carbonyl (C=O) groups excluding carboxylic acids is 1. The van der Waals surface area contributed by atoms with Crippen molar-refractivity contribution in [1.29, 1.82) is 5.26 Å². The van der Waals surface area contributed by atoms with Crippen LogP contribution in [0.15, 0.2) is 40.4 Å². The number of aryl methyl sites for hydroxylation is 1. The zero-order valence-corrected chi connectivity index (χ0v) is 18.1. The summed E-state index contributed by atoms with van der Waals surface area (Å²) in [6.45, 7) is 6.53. The van der Waals surface area contributed by atoms with E-state index in [4.69, 9.17) is 21.1 Å². The third kappa shape index (κ3) is 5.51. The van der Waals surface area contributed by atoms with Gasteiger partial charge in [-0.2, -0.15) is 5.26 Å². The van der Waals surface area contributed by atoms with Gasteiger partial charge in [0.2, 0.25) is 0 Å². The van der Waals surface area contributed by atoms with Gasteiger partial charge in [0, 0.05) is 22.3 Å². The summed E-state index contributed by atoms with van der Waals surface area (Å²) in [6.07, 6.45) is 1.49. The molecule has 146 valence electrons. The average molecular weight is 464 g/mol. The van der Waals surface area contributed by atoms with Crippen LogP contribution >= 0.6 is 27.5 Å². The molecule has 0 aromatic heterocycles. The minimum atomic E-state index is -0.527. The predicted molar refractivity (Wildman–Crippen MR) is 115 cm³/mol. The highest BCUT2D eigenvalue weighted by Gasteiger charge is 2.15. The van der Waals surface area contributed by atoms with Crippen LogP contribution in [-0.2, 0) is 4.79 Å². The first-order valence-electron chi connectivity index (χ1n) is 8.68. The number of ether oxygens (including phenoxy) is 2. The lowest BCUT2D eigenvalue weighted by Gasteiger charge is -2.13. The quantitative estimate of drug-likeness (QED) is 0.419. The third-order valence-electron chi connectivity index (χ3n) is 3.78. The van der Waals surface area contributed by atoms with Crippen LogP contribution < -0.4 is 14.8 Å². The number of halogens is 2. The molecule has 0 saturated heterocycles. The Morgan fingerprint density at radius 1 is 1.21 bits per heavy atom. The van der Waals surface area contributed by atoms with Crippen molar-refractivity contribution in [3.05, 3.63) is 56.5 Å². The summed E-state index contributed by atoms with van der Waals surface area (Å²) in [6, 6.07) is 10.6. The molecule has 0 heterocycles. The summed E-state index contributed by atoms with van der Waals surface area (Å²) in [5, 5.41) is 12.7. The van der Waals surface area contributed by atoms with Gasteiger partial charge < -0.3 is 14.8 Å². The van der Waals surface area contributed by atoms with Crippen molar-refractivity contribution in [1.82, 2.24) is 0 Å². The number of hydrogen-bond donors (Lipinski definition) is 1. The van der Waals surface area contributed by atoms with Gasteiger partial charge in [-0.3, -0.25) is 4.79 Å². The van der Waals surface area contributed by atoms with Gasteiger partial charge in [-0.05, 0) is 66.5 Å². The Balaban J connectivity index is 2.40. The van der Waals surface area contributed by atoms with Crippen LogP contribution in [0.4, 0.5) is 5.69 Å². The topological polar surface area (TPSA) is 71.3 Å². The number of anilines is 1. The standard InChI is InChI=1S/C21H20BrClN2O3/c1-4-27-19-11-20(28-5-2)17(22)9-14(19)8-15(12-24)21(26)25-18-10-16(23)7-6-13(18)3/h6-11H,4-5H2,1-3H3,(H,25,26)/b15-8+. The van der Waals surface area contributed by atoms with Gasteiger partial charge in [0.15, 0.2) is 0 Å². The number of hydrogen-bond acceptors (Lipinski definition) is 4. The number of nitriles is 1. The molecule has 0 radical (unpaired) electrons. The molecule has 2 aromatic rings. The summed E-state index contributed by atoms with van der Waals surface area (Å²) in [5.74, 6) is 0.620. The molecule has 2 aromatic carbocycles. The molecule has 0 fully saturated rings. The summed E-state index contributed by atoms with van der Waals surface area (Å²) >= 11 is 9.44. The van der Waals surface area contributed by atoms with Gasteiger partial charge in [0.1, 0.15) is 23.1 Å². The minimum absolute atomic E-state index is 0.0589. The molecule has 2 rings (SSSR count). The van der Waals surface area contributed by atoms with Crippen LogP contribution in [0.5, 0.6) is 11.5 Å². The van der Waals surface area contributed by atoms with Crippen LogP contribution in [-0.4, -0.2) is 19.1 Å². The first-order valence-corrected chi connectivity index (χ1v) is 9.85. The Bertz CT molecular complexity index is 951. The second-order valence-electron chi connectivity index (χ2n) is 5.77. The molecule has 0 aliphatic heterocycles. The number of amides is 1. The van der Waals surface area contributed by atoms with Crippen molar-refractivity contribution in [2.24, 2.45) is 0 Å². The van der Waals surface area contributed by atoms with Crippen LogP contribution in [0, 0.1) is 18.3 Å². The van der Waals surface area contributed by atoms with E-state index in [0.717, 1.165) is 5.56 Å². The first kappa shape index (κ1) is 21.8. The fraction of sp³-hybridized carbons (Fsp3) is 0.238. The van der Waals surface area contributed by atoms with E-state index in [1.165, 1.54) is 6.08 Å². The first-order chi connectivity index (χ1) is 13.4. The van der Waals surface area contributed by atoms with Crippen molar-refractivity contribution < 1.29 is 14.3 Å². The zero-order valence-electron chi connectivity index (χ0n) is 15.8. The van der Waals surface area contributed by atoms with Gasteiger partial charge >= 0.3 is 0 Å². The molecular weight excluding hydrogens is 444 g/mol. The predicted octanol–water partition coefficient (Wildman–Crippen LogP) is 5.75. The van der Waals surface area contributed by atoms with E-state index in [1.54, 1.807) is 30.3 Å². The Hall–Kier alpha value is -2.49. The Kier molecular flexibility index (Phi) is 7.91. The van der Waals surface area contributed by atoms with E-state index in [0.29, 0.717) is 45.5 Å². The highest BCUT2D eigenvalue weighted by atomic mass is 79.9. The summed E-state index contributed by atoms with van der Waals surface area (Å²) in [7, 11) is 0. The molecule has 28 heavy (non-hydrogen) atoms. The number of carbonyl (C=O) groups is 1. The molecule has 7 heteroatoms. The number of rotatable bonds is 7. The lowest BCUT2D eigenvalue weighted by atomic mass is 10.1. The maximum atomic E-state index is 12.6. The smallest absolute Gasteiger partial charge is 0.266 e. The van der Waals surface area contributed by atoms with Crippen molar-refractivity contribution in [3.8, 4) is 17.6 Å². The number of nitrogens with one attached hydrogen (secondary N) is 1. The largest absolute Gasteiger partial charge is 0.493 e. The van der Waals surface area contributed by atoms with Crippen LogP contribution in [0.3, 0.4) is 0 Å². The molecule has 0 saturated carbocycles. The molecule has 5 nitrogen and oxygen atoms in total. The highest BCUT2D eigenvalue weighted by molar-refractivity contribution is 9.10. The summed E-state index contributed by atoms with van der Waals surface area (Å²) in [5.41, 5.74) is 1.92. The molecule has 0 unspecified atom stereocenters. The van der Waals surface area contributed by atoms with Gasteiger partial charge in [0.25, 0.3) is 5.91 Å². The van der Waals surface area contributed by atoms with E-state index in [9.17, 15) is 10.1 Å². The van der Waals surface area contributed by atoms with Gasteiger partial charge in [0.05, 0.1) is 17.7 Å².